The summed E-state index contributed by atoms with van der Waals surface area (Å²) in [4.78, 5) is 20.7. The molecule has 1 aliphatic heterocycles. The van der Waals surface area contributed by atoms with Gasteiger partial charge in [0.1, 0.15) is 11.6 Å². The van der Waals surface area contributed by atoms with E-state index >= 15 is 0 Å². The maximum atomic E-state index is 11.7. The van der Waals surface area contributed by atoms with Crippen molar-refractivity contribution >= 4 is 22.7 Å². The highest BCUT2D eigenvalue weighted by atomic mass is 16.5. The largest absolute Gasteiger partial charge is 0.493 e. The Kier molecular flexibility index (Phi) is 6.80. The van der Waals surface area contributed by atoms with E-state index < -0.39 is 17.6 Å². The monoisotopic (exact) mass is 501 g/mol. The fraction of sp³-hybridized carbons (Fsp3) is 0.357. The third-order valence-electron chi connectivity index (χ3n) is 6.66. The number of fused-ring (bicyclic) bond motifs is 2. The Morgan fingerprint density at radius 2 is 2.05 bits per heavy atom. The van der Waals surface area contributed by atoms with Gasteiger partial charge in [-0.25, -0.2) is 4.98 Å². The molecule has 192 valence electrons. The van der Waals surface area contributed by atoms with Crippen LogP contribution in [0.2, 0.25) is 0 Å². The summed E-state index contributed by atoms with van der Waals surface area (Å²) in [5, 5.41) is 28.7. The van der Waals surface area contributed by atoms with Crippen LogP contribution in [0.1, 0.15) is 55.1 Å². The second kappa shape index (κ2) is 10.2. The van der Waals surface area contributed by atoms with Gasteiger partial charge in [0.05, 0.1) is 36.4 Å². The Hall–Kier alpha value is -3.98. The van der Waals surface area contributed by atoms with E-state index in [9.17, 15) is 15.0 Å². The number of aliphatic carboxylic acids is 1. The Bertz CT molecular complexity index is 1430. The van der Waals surface area contributed by atoms with Crippen LogP contribution in [-0.4, -0.2) is 49.1 Å². The average molecular weight is 502 g/mol. The number of anilines is 1. The van der Waals surface area contributed by atoms with Gasteiger partial charge in [-0.15, -0.1) is 0 Å². The summed E-state index contributed by atoms with van der Waals surface area (Å²) in [5.41, 5.74) is 3.22. The number of aliphatic hydroxyl groups is 1. The lowest BCUT2D eigenvalue weighted by Gasteiger charge is -2.21. The van der Waals surface area contributed by atoms with Crippen LogP contribution >= 0.6 is 0 Å². The number of rotatable bonds is 9. The third-order valence-corrected chi connectivity index (χ3v) is 6.66. The van der Waals surface area contributed by atoms with Crippen molar-refractivity contribution in [3.63, 3.8) is 0 Å². The molecule has 0 aliphatic carbocycles. The molecule has 4 aromatic rings. The molecule has 0 fully saturated rings. The summed E-state index contributed by atoms with van der Waals surface area (Å²) in [6.07, 6.45) is 7.64. The lowest BCUT2D eigenvalue weighted by Crippen LogP contribution is -2.20. The maximum Gasteiger partial charge on any atom is 0.305 e. The zero-order chi connectivity index (χ0) is 26.0. The Morgan fingerprint density at radius 1 is 1.19 bits per heavy atom. The zero-order valence-electron chi connectivity index (χ0n) is 21.0. The number of carbonyl (C=O) groups is 1. The number of benzene rings is 1. The van der Waals surface area contributed by atoms with Crippen molar-refractivity contribution in [3.8, 4) is 5.75 Å². The highest BCUT2D eigenvalue weighted by molar-refractivity contribution is 5.81. The molecule has 3 N–H and O–H groups in total. The number of hydrogen-bond acceptors (Lipinski definition) is 7. The first kappa shape index (κ1) is 24.7. The molecule has 0 bridgehead atoms. The van der Waals surface area contributed by atoms with Gasteiger partial charge in [0.25, 0.3) is 0 Å². The van der Waals surface area contributed by atoms with Crippen LogP contribution in [0.4, 0.5) is 5.82 Å². The van der Waals surface area contributed by atoms with Gasteiger partial charge in [-0.3, -0.25) is 14.5 Å². The summed E-state index contributed by atoms with van der Waals surface area (Å²) in [6.45, 7) is 4.79. The van der Waals surface area contributed by atoms with Crippen LogP contribution in [0.3, 0.4) is 0 Å². The molecule has 0 radical (unpaired) electrons. The molecule has 0 amide bonds. The molecule has 37 heavy (non-hydrogen) atoms. The Balaban J connectivity index is 1.33. The summed E-state index contributed by atoms with van der Waals surface area (Å²) in [6, 6.07) is 11.1. The van der Waals surface area contributed by atoms with Crippen LogP contribution < -0.4 is 10.1 Å². The van der Waals surface area contributed by atoms with E-state index in [1.165, 1.54) is 5.56 Å². The number of nitrogens with zero attached hydrogens (tertiary/aromatic N) is 4. The molecule has 3 aromatic heterocycles. The van der Waals surface area contributed by atoms with Crippen molar-refractivity contribution < 1.29 is 19.7 Å². The minimum Gasteiger partial charge on any atom is -0.493 e. The highest BCUT2D eigenvalue weighted by Crippen LogP contribution is 2.30. The van der Waals surface area contributed by atoms with E-state index in [2.05, 4.69) is 27.5 Å². The molecule has 0 unspecified atom stereocenters. The van der Waals surface area contributed by atoms with Crippen LogP contribution in [0.15, 0.2) is 55.0 Å². The number of carboxylic acid groups (broad SMARTS) is 1. The molecule has 1 aromatic carbocycles. The fourth-order valence-electron chi connectivity index (χ4n) is 4.64. The number of pyridine rings is 2. The predicted octanol–water partition coefficient (Wildman–Crippen LogP) is 4.10. The van der Waals surface area contributed by atoms with E-state index in [1.807, 2.05) is 18.2 Å². The summed E-state index contributed by atoms with van der Waals surface area (Å²) >= 11 is 0. The smallest absolute Gasteiger partial charge is 0.305 e. The SMILES string of the molecule is CC(C)(O)c1cncc([C@H](CC(=O)O)n2ncc3cc(OCCc4ccc5c(n4)NCCC5)ccc32)c1. The summed E-state index contributed by atoms with van der Waals surface area (Å²) < 4.78 is 7.70. The van der Waals surface area contributed by atoms with Gasteiger partial charge in [0, 0.05) is 42.0 Å². The molecule has 5 rings (SSSR count). The van der Waals surface area contributed by atoms with E-state index in [4.69, 9.17) is 9.72 Å². The van der Waals surface area contributed by atoms with Gasteiger partial charge in [-0.2, -0.15) is 5.10 Å². The van der Waals surface area contributed by atoms with Gasteiger partial charge >= 0.3 is 5.97 Å². The van der Waals surface area contributed by atoms with Crippen LogP contribution in [0.5, 0.6) is 5.75 Å². The molecule has 4 heterocycles. The first-order chi connectivity index (χ1) is 17.8. The fourth-order valence-corrected chi connectivity index (χ4v) is 4.64. The predicted molar refractivity (Wildman–Crippen MR) is 140 cm³/mol. The van der Waals surface area contributed by atoms with E-state index in [-0.39, 0.29) is 6.42 Å². The Labute approximate surface area is 215 Å². The van der Waals surface area contributed by atoms with E-state index in [0.29, 0.717) is 29.9 Å². The number of nitrogens with one attached hydrogen (secondary N) is 1. The zero-order valence-corrected chi connectivity index (χ0v) is 21.0. The van der Waals surface area contributed by atoms with Crippen LogP contribution in [-0.2, 0) is 23.2 Å². The Morgan fingerprint density at radius 3 is 2.86 bits per heavy atom. The topological polar surface area (TPSA) is 122 Å². The summed E-state index contributed by atoms with van der Waals surface area (Å²) in [5.74, 6) is 0.744. The second-order valence-electron chi connectivity index (χ2n) is 9.93. The lowest BCUT2D eigenvalue weighted by molar-refractivity contribution is -0.137. The van der Waals surface area contributed by atoms with Crippen molar-refractivity contribution in [1.82, 2.24) is 19.7 Å². The minimum atomic E-state index is -1.10. The highest BCUT2D eigenvalue weighted by Gasteiger charge is 2.24. The molecule has 0 spiro atoms. The van der Waals surface area contributed by atoms with E-state index in [0.717, 1.165) is 41.8 Å². The quantitative estimate of drug-likeness (QED) is 0.313. The maximum absolute atomic E-state index is 11.7. The van der Waals surface area contributed by atoms with Gasteiger partial charge in [0.2, 0.25) is 0 Å². The molecule has 1 atom stereocenters. The van der Waals surface area contributed by atoms with Crippen molar-refractivity contribution in [2.45, 2.75) is 51.2 Å². The molecule has 9 heteroatoms. The van der Waals surface area contributed by atoms with Gasteiger partial charge in [-0.1, -0.05) is 6.07 Å². The first-order valence-electron chi connectivity index (χ1n) is 12.5. The van der Waals surface area contributed by atoms with Crippen LogP contribution in [0, 0.1) is 0 Å². The molecule has 0 saturated heterocycles. The first-order valence-corrected chi connectivity index (χ1v) is 12.5. The van der Waals surface area contributed by atoms with Gasteiger partial charge in [-0.05, 0) is 68.1 Å². The standard InChI is InChI=1S/C28H31N5O4/c1-28(2,36)21-12-19(15-29-17-21)25(14-26(34)35)33-24-8-7-23(13-20(24)16-31-33)37-11-9-22-6-5-18-4-3-10-30-27(18)32-22/h5-8,12-13,15-17,25,36H,3-4,9-11,14H2,1-2H3,(H,30,32)(H,34,35)/t25-/m0/s1. The van der Waals surface area contributed by atoms with Crippen molar-refractivity contribution in [2.75, 3.05) is 18.5 Å². The van der Waals surface area contributed by atoms with Crippen molar-refractivity contribution in [3.05, 3.63) is 77.4 Å². The molecular formula is C28H31N5O4. The number of aromatic nitrogens is 4. The van der Waals surface area contributed by atoms with Gasteiger partial charge in [0.15, 0.2) is 0 Å². The second-order valence-corrected chi connectivity index (χ2v) is 9.93. The van der Waals surface area contributed by atoms with Crippen molar-refractivity contribution in [1.29, 1.82) is 0 Å². The minimum absolute atomic E-state index is 0.172. The normalized spacial score (nSPS) is 14.1. The van der Waals surface area contributed by atoms with Crippen LogP contribution in [0.25, 0.3) is 10.9 Å². The molecular weight excluding hydrogens is 470 g/mol. The summed E-state index contributed by atoms with van der Waals surface area (Å²) in [7, 11) is 0. The lowest BCUT2D eigenvalue weighted by atomic mass is 9.96. The number of aryl methyl sites for hydroxylation is 1. The third kappa shape index (κ3) is 5.56. The number of carboxylic acids is 1. The number of ether oxygens (including phenoxy) is 1. The molecule has 9 nitrogen and oxygen atoms in total. The average Bonchev–Trinajstić information content (AvgIpc) is 3.30. The molecule has 0 saturated carbocycles. The van der Waals surface area contributed by atoms with Crippen molar-refractivity contribution in [2.24, 2.45) is 0 Å². The van der Waals surface area contributed by atoms with E-state index in [1.54, 1.807) is 43.2 Å². The number of hydrogen-bond donors (Lipinski definition) is 3. The van der Waals surface area contributed by atoms with Gasteiger partial charge < -0.3 is 20.3 Å². The molecule has 1 aliphatic rings.